The molecule has 0 saturated carbocycles. The lowest BCUT2D eigenvalue weighted by atomic mass is 9.33. The summed E-state index contributed by atoms with van der Waals surface area (Å²) in [4.78, 5) is 5.32. The molecule has 0 radical (unpaired) electrons. The zero-order valence-corrected chi connectivity index (χ0v) is 55.9. The van der Waals surface area contributed by atoms with Crippen LogP contribution in [-0.2, 0) is 0 Å². The van der Waals surface area contributed by atoms with Crippen LogP contribution in [0.15, 0.2) is 368 Å². The van der Waals surface area contributed by atoms with Crippen LogP contribution < -0.4 is 26.2 Å². The lowest BCUT2D eigenvalue weighted by Gasteiger charge is -2.45. The van der Waals surface area contributed by atoms with E-state index < -0.39 is 0 Å². The molecule has 7 heteroatoms. The summed E-state index contributed by atoms with van der Waals surface area (Å²) < 4.78 is 14.5. The zero-order chi connectivity index (χ0) is 67.4. The van der Waals surface area contributed by atoms with Crippen molar-refractivity contribution in [2.45, 2.75) is 0 Å². The van der Waals surface area contributed by atoms with Gasteiger partial charge in [0.15, 0.2) is 0 Å². The maximum atomic E-state index is 7.06. The molecule has 0 spiro atoms. The molecule has 0 N–H and O–H groups in total. The van der Waals surface area contributed by atoms with Crippen molar-refractivity contribution in [3.05, 3.63) is 364 Å². The maximum Gasteiger partial charge on any atom is 0.252 e. The van der Waals surface area contributed by atoms with Gasteiger partial charge in [0.1, 0.15) is 11.2 Å². The van der Waals surface area contributed by atoms with Gasteiger partial charge in [-0.3, -0.25) is 0 Å². The zero-order valence-electron chi connectivity index (χ0n) is 55.9. The number of benzene rings is 16. The van der Waals surface area contributed by atoms with Crippen molar-refractivity contribution >= 4 is 145 Å². The highest BCUT2D eigenvalue weighted by Crippen LogP contribution is 2.53. The van der Waals surface area contributed by atoms with Gasteiger partial charge in [-0.1, -0.05) is 243 Å². The minimum atomic E-state index is -0.233. The van der Waals surface area contributed by atoms with Crippen molar-refractivity contribution < 1.29 is 4.42 Å². The van der Waals surface area contributed by atoms with Gasteiger partial charge in [-0.15, -0.1) is 0 Å². The third-order valence-corrected chi connectivity index (χ3v) is 22.0. The number of rotatable bonds is 9. The van der Waals surface area contributed by atoms with Gasteiger partial charge in [0.2, 0.25) is 0 Å². The van der Waals surface area contributed by atoms with Gasteiger partial charge in [0, 0.05) is 71.8 Å². The third kappa shape index (κ3) is 8.57. The van der Waals surface area contributed by atoms with Crippen molar-refractivity contribution in [3.8, 4) is 61.6 Å². The topological polar surface area (TPSA) is 34.4 Å². The van der Waals surface area contributed by atoms with E-state index in [1.807, 2.05) is 0 Å². The smallest absolute Gasteiger partial charge is 0.252 e. The molecule has 2 aliphatic rings. The molecular weight excluding hydrogens is 1250 g/mol. The first-order valence-electron chi connectivity index (χ1n) is 35.5. The largest absolute Gasteiger partial charge is 0.455 e. The van der Waals surface area contributed by atoms with Crippen LogP contribution in [0.5, 0.6) is 0 Å². The molecule has 103 heavy (non-hydrogen) atoms. The molecule has 0 saturated heterocycles. The molecule has 0 atom stereocenters. The van der Waals surface area contributed by atoms with E-state index >= 15 is 0 Å². The van der Waals surface area contributed by atoms with E-state index in [4.69, 9.17) is 4.42 Å². The number of para-hydroxylation sites is 4. The fraction of sp³-hybridized carbons (Fsp3) is 0. The fourth-order valence-electron chi connectivity index (χ4n) is 17.6. The highest BCUT2D eigenvalue weighted by molar-refractivity contribution is 7.00. The van der Waals surface area contributed by atoms with Crippen LogP contribution in [0.2, 0.25) is 0 Å². The number of fused-ring (bicyclic) bond motifs is 17. The second-order valence-electron chi connectivity index (χ2n) is 27.4. The van der Waals surface area contributed by atoms with E-state index in [-0.39, 0.29) is 6.71 Å². The number of hydrogen-bond acceptors (Lipinski definition) is 3. The summed E-state index contributed by atoms with van der Waals surface area (Å²) in [6, 6.07) is 135. The standard InChI is InChI=1S/C96H60BN5O/c1-7-25-61(26-8-1)65-47-52-80-75(55-65)92-82(98(80)69-33-15-5-16-34-69)40-23-42-84(92)101-87-57-67(63-29-11-3-12-30-63)45-50-77(87)97-78-51-46-68(64-31-13-4-14-32-64)58-88(78)102(85-43-24-41-83-93(85)76-56-66(62-27-9-2-10-28-62)48-53-81(76)99(83)70-35-17-6-18-36-70)90-60-71(59-89(101)95(90)97)100-79-39-21-19-38-74(79)94-86(100)54-49-73-72-37-20-22-44-91(72)103-96(73)94/h1-60H. The second kappa shape index (κ2) is 22.5. The third-order valence-electron chi connectivity index (χ3n) is 22.0. The predicted molar refractivity (Wildman–Crippen MR) is 433 cm³/mol. The van der Waals surface area contributed by atoms with Crippen molar-refractivity contribution in [2.24, 2.45) is 0 Å². The Morgan fingerprint density at radius 1 is 0.214 bits per heavy atom. The Bertz CT molecular complexity index is 6540. The monoisotopic (exact) mass is 1310 g/mol. The molecule has 4 aromatic heterocycles. The first-order valence-corrected chi connectivity index (χ1v) is 35.5. The van der Waals surface area contributed by atoms with Gasteiger partial charge in [0.05, 0.1) is 55.5 Å². The molecule has 6 heterocycles. The lowest BCUT2D eigenvalue weighted by Crippen LogP contribution is -2.61. The van der Waals surface area contributed by atoms with E-state index in [9.17, 15) is 0 Å². The van der Waals surface area contributed by atoms with Crippen molar-refractivity contribution in [1.82, 2.24) is 13.7 Å². The Labute approximate surface area is 594 Å². The minimum Gasteiger partial charge on any atom is -0.455 e. The van der Waals surface area contributed by atoms with Crippen LogP contribution in [0.3, 0.4) is 0 Å². The summed E-state index contributed by atoms with van der Waals surface area (Å²) in [6.07, 6.45) is 0. The molecule has 6 nitrogen and oxygen atoms in total. The molecule has 0 fully saturated rings. The molecule has 22 rings (SSSR count). The highest BCUT2D eigenvalue weighted by atomic mass is 16.3. The quantitative estimate of drug-likeness (QED) is 0.135. The Morgan fingerprint density at radius 2 is 0.592 bits per heavy atom. The molecule has 16 aromatic carbocycles. The highest BCUT2D eigenvalue weighted by Gasteiger charge is 2.45. The van der Waals surface area contributed by atoms with E-state index in [1.165, 1.54) is 27.5 Å². The van der Waals surface area contributed by atoms with Gasteiger partial charge in [-0.2, -0.15) is 0 Å². The van der Waals surface area contributed by atoms with Gasteiger partial charge in [0.25, 0.3) is 6.71 Å². The molecule has 0 unspecified atom stereocenters. The molecule has 0 amide bonds. The number of hydrogen-bond donors (Lipinski definition) is 0. The van der Waals surface area contributed by atoms with E-state index in [1.54, 1.807) is 0 Å². The molecule has 2 aliphatic heterocycles. The normalized spacial score (nSPS) is 12.6. The first kappa shape index (κ1) is 57.3. The van der Waals surface area contributed by atoms with Crippen LogP contribution in [-0.4, -0.2) is 20.4 Å². The fourth-order valence-corrected chi connectivity index (χ4v) is 17.6. The first-order chi connectivity index (χ1) is 51.1. The average molecular weight is 1310 g/mol. The van der Waals surface area contributed by atoms with E-state index in [0.29, 0.717) is 0 Å². The van der Waals surface area contributed by atoms with Gasteiger partial charge >= 0.3 is 0 Å². The molecule has 0 bridgehead atoms. The Hall–Kier alpha value is -13.6. The van der Waals surface area contributed by atoms with Gasteiger partial charge < -0.3 is 27.9 Å². The molecule has 478 valence electrons. The predicted octanol–water partition coefficient (Wildman–Crippen LogP) is 23.6. The van der Waals surface area contributed by atoms with Crippen molar-refractivity contribution in [3.63, 3.8) is 0 Å². The van der Waals surface area contributed by atoms with Crippen LogP contribution in [0, 0.1) is 0 Å². The summed E-state index contributed by atoms with van der Waals surface area (Å²) in [5.74, 6) is 0. The molecule has 0 aliphatic carbocycles. The summed E-state index contributed by atoms with van der Waals surface area (Å²) >= 11 is 0. The number of aromatic nitrogens is 3. The molecular formula is C96H60BN5O. The number of anilines is 6. The van der Waals surface area contributed by atoms with Gasteiger partial charge in [-0.05, 0) is 182 Å². The van der Waals surface area contributed by atoms with E-state index in [2.05, 4.69) is 387 Å². The minimum absolute atomic E-state index is 0.233. The van der Waals surface area contributed by atoms with Crippen molar-refractivity contribution in [1.29, 1.82) is 0 Å². The maximum absolute atomic E-state index is 7.06. The van der Waals surface area contributed by atoms with E-state index in [0.717, 1.165) is 172 Å². The lowest BCUT2D eigenvalue weighted by molar-refractivity contribution is 0.673. The summed E-state index contributed by atoms with van der Waals surface area (Å²) in [5.41, 5.74) is 31.1. The molecule has 20 aromatic rings. The average Bonchev–Trinajstić information content (AvgIpc) is 1.53. The second-order valence-corrected chi connectivity index (χ2v) is 27.4. The Balaban J connectivity index is 0.921. The number of furan rings is 1. The van der Waals surface area contributed by atoms with Crippen molar-refractivity contribution in [2.75, 3.05) is 9.80 Å². The number of nitrogens with zero attached hydrogens (tertiary/aromatic N) is 5. The van der Waals surface area contributed by atoms with Gasteiger partial charge in [-0.25, -0.2) is 0 Å². The summed E-state index contributed by atoms with van der Waals surface area (Å²) in [7, 11) is 0. The van der Waals surface area contributed by atoms with Crippen LogP contribution in [0.1, 0.15) is 0 Å². The van der Waals surface area contributed by atoms with Crippen LogP contribution >= 0.6 is 0 Å². The summed E-state index contributed by atoms with van der Waals surface area (Å²) in [5, 5.41) is 9.05. The van der Waals surface area contributed by atoms with Crippen LogP contribution in [0.4, 0.5) is 34.1 Å². The Kier molecular flexibility index (Phi) is 12.5. The summed E-state index contributed by atoms with van der Waals surface area (Å²) in [6.45, 7) is -0.233. The van der Waals surface area contributed by atoms with Crippen LogP contribution in [0.25, 0.3) is 149 Å². The SMILES string of the molecule is c1ccc(-c2ccc3c(c2)N(c2cccc4c2c2cc(-c5ccccc5)ccc2n4-c2ccccc2)c2cc(-n4c5ccccc5c5c6oc7ccccc7c6ccc54)cc4c2B3c2ccc(-c3ccccc3)cc2N4c2cccc3c2c2cc(-c4ccccc4)ccc2n3-c2ccccc2)cc1. The Morgan fingerprint density at radius 3 is 1.09 bits per heavy atom.